The topological polar surface area (TPSA) is 30.7 Å². The Kier molecular flexibility index (Phi) is 2.62. The molecule has 0 saturated heterocycles. The third-order valence-corrected chi connectivity index (χ3v) is 3.00. The molecule has 0 aliphatic heterocycles. The van der Waals surface area contributed by atoms with E-state index in [-0.39, 0.29) is 0 Å². The summed E-state index contributed by atoms with van der Waals surface area (Å²) >= 11 is 0. The Morgan fingerprint density at radius 3 is 2.77 bits per heavy atom. The molecule has 0 amide bonds. The van der Waals surface area contributed by atoms with Crippen molar-refractivity contribution in [3.8, 4) is 0 Å². The lowest BCUT2D eigenvalue weighted by Gasteiger charge is -2.20. The second-order valence-corrected chi connectivity index (χ2v) is 4.07. The van der Waals surface area contributed by atoms with Crippen molar-refractivity contribution in [2.45, 2.75) is 38.5 Å². The minimum absolute atomic E-state index is 0.858. The van der Waals surface area contributed by atoms with Crippen molar-refractivity contribution >= 4 is 0 Å². The minimum Gasteiger partial charge on any atom is -0.321 e. The second kappa shape index (κ2) is 3.90. The Balaban J connectivity index is 1.93. The van der Waals surface area contributed by atoms with Crippen LogP contribution < -0.4 is 0 Å². The first-order valence-electron chi connectivity index (χ1n) is 5.19. The number of aromatic nitrogens is 3. The van der Waals surface area contributed by atoms with Crippen LogP contribution >= 0.6 is 0 Å². The summed E-state index contributed by atoms with van der Waals surface area (Å²) < 4.78 is 2.04. The smallest absolute Gasteiger partial charge is 0.132 e. The van der Waals surface area contributed by atoms with E-state index < -0.39 is 0 Å². The third kappa shape index (κ3) is 2.08. The molecule has 13 heavy (non-hydrogen) atoms. The van der Waals surface area contributed by atoms with Gasteiger partial charge in [-0.15, -0.1) is 10.2 Å². The lowest BCUT2D eigenvalue weighted by atomic mass is 9.87. The molecule has 3 heteroatoms. The summed E-state index contributed by atoms with van der Waals surface area (Å²) in [5.41, 5.74) is 0. The van der Waals surface area contributed by atoms with Crippen molar-refractivity contribution in [1.82, 2.24) is 14.8 Å². The van der Waals surface area contributed by atoms with E-state index in [1.807, 2.05) is 11.6 Å². The SMILES string of the molecule is Cn1cnnc1CC1CCCCC1. The Morgan fingerprint density at radius 1 is 1.38 bits per heavy atom. The fraction of sp³-hybridized carbons (Fsp3) is 0.800. The van der Waals surface area contributed by atoms with Gasteiger partial charge < -0.3 is 4.57 Å². The predicted octanol–water partition coefficient (Wildman–Crippen LogP) is 1.94. The molecule has 1 saturated carbocycles. The summed E-state index contributed by atoms with van der Waals surface area (Å²) in [6.45, 7) is 0. The minimum atomic E-state index is 0.858. The Morgan fingerprint density at radius 2 is 2.15 bits per heavy atom. The molecule has 1 heterocycles. The van der Waals surface area contributed by atoms with Crippen LogP contribution in [0.15, 0.2) is 6.33 Å². The molecule has 1 aromatic heterocycles. The van der Waals surface area contributed by atoms with Gasteiger partial charge in [-0.1, -0.05) is 32.1 Å². The summed E-state index contributed by atoms with van der Waals surface area (Å²) in [4.78, 5) is 0. The summed E-state index contributed by atoms with van der Waals surface area (Å²) in [7, 11) is 2.03. The van der Waals surface area contributed by atoms with Crippen molar-refractivity contribution < 1.29 is 0 Å². The lowest BCUT2D eigenvalue weighted by Crippen LogP contribution is -2.12. The summed E-state index contributed by atoms with van der Waals surface area (Å²) in [5, 5.41) is 8.02. The van der Waals surface area contributed by atoms with E-state index in [1.165, 1.54) is 32.1 Å². The fourth-order valence-electron chi connectivity index (χ4n) is 2.14. The molecule has 1 aliphatic rings. The maximum absolute atomic E-state index is 4.12. The van der Waals surface area contributed by atoms with Gasteiger partial charge in [-0.25, -0.2) is 0 Å². The van der Waals surface area contributed by atoms with Crippen LogP contribution in [0.3, 0.4) is 0 Å². The zero-order valence-electron chi connectivity index (χ0n) is 8.24. The highest BCUT2D eigenvalue weighted by atomic mass is 15.2. The molecule has 2 rings (SSSR count). The van der Waals surface area contributed by atoms with Gasteiger partial charge in [-0.05, 0) is 5.92 Å². The highest BCUT2D eigenvalue weighted by molar-refractivity contribution is 4.87. The van der Waals surface area contributed by atoms with E-state index in [0.29, 0.717) is 0 Å². The maximum Gasteiger partial charge on any atom is 0.132 e. The fourth-order valence-corrected chi connectivity index (χ4v) is 2.14. The van der Waals surface area contributed by atoms with E-state index in [1.54, 1.807) is 6.33 Å². The number of nitrogens with zero attached hydrogens (tertiary/aromatic N) is 3. The zero-order valence-corrected chi connectivity index (χ0v) is 8.24. The average Bonchev–Trinajstić information content (AvgIpc) is 2.54. The molecule has 72 valence electrons. The van der Waals surface area contributed by atoms with Gasteiger partial charge in [-0.2, -0.15) is 0 Å². The van der Waals surface area contributed by atoms with Gasteiger partial charge in [0.2, 0.25) is 0 Å². The zero-order chi connectivity index (χ0) is 9.10. The summed E-state index contributed by atoms with van der Waals surface area (Å²) in [6, 6.07) is 0. The standard InChI is InChI=1S/C10H17N3/c1-13-8-11-12-10(13)7-9-5-3-2-4-6-9/h8-9H,2-7H2,1H3. The third-order valence-electron chi connectivity index (χ3n) is 3.00. The Hall–Kier alpha value is -0.860. The van der Waals surface area contributed by atoms with Crippen LogP contribution in [-0.2, 0) is 13.5 Å². The van der Waals surface area contributed by atoms with Gasteiger partial charge in [-0.3, -0.25) is 0 Å². The molecule has 0 bridgehead atoms. The number of rotatable bonds is 2. The maximum atomic E-state index is 4.12. The van der Waals surface area contributed by atoms with Gasteiger partial charge in [0.05, 0.1) is 0 Å². The van der Waals surface area contributed by atoms with E-state index >= 15 is 0 Å². The van der Waals surface area contributed by atoms with Crippen LogP contribution in [0.4, 0.5) is 0 Å². The summed E-state index contributed by atoms with van der Waals surface area (Å²) in [6.07, 6.45) is 9.91. The van der Waals surface area contributed by atoms with Crippen molar-refractivity contribution in [3.63, 3.8) is 0 Å². The number of hydrogen-bond donors (Lipinski definition) is 0. The molecule has 0 atom stereocenters. The van der Waals surface area contributed by atoms with Crippen LogP contribution in [0.25, 0.3) is 0 Å². The monoisotopic (exact) mass is 179 g/mol. The predicted molar refractivity (Wildman–Crippen MR) is 51.3 cm³/mol. The molecule has 3 nitrogen and oxygen atoms in total. The van der Waals surface area contributed by atoms with E-state index in [2.05, 4.69) is 10.2 Å². The van der Waals surface area contributed by atoms with Crippen molar-refractivity contribution in [2.75, 3.05) is 0 Å². The van der Waals surface area contributed by atoms with Crippen LogP contribution in [0.2, 0.25) is 0 Å². The first-order chi connectivity index (χ1) is 6.36. The lowest BCUT2D eigenvalue weighted by molar-refractivity contribution is 0.349. The molecular formula is C10H17N3. The normalized spacial score (nSPS) is 19.2. The van der Waals surface area contributed by atoms with E-state index in [0.717, 1.165) is 18.2 Å². The Bertz CT molecular complexity index is 261. The van der Waals surface area contributed by atoms with Gasteiger partial charge in [0, 0.05) is 13.5 Å². The molecule has 0 radical (unpaired) electrons. The molecule has 1 aromatic rings. The van der Waals surface area contributed by atoms with Crippen molar-refractivity contribution in [2.24, 2.45) is 13.0 Å². The second-order valence-electron chi connectivity index (χ2n) is 4.07. The number of hydrogen-bond acceptors (Lipinski definition) is 2. The van der Waals surface area contributed by atoms with E-state index in [4.69, 9.17) is 0 Å². The largest absolute Gasteiger partial charge is 0.321 e. The first-order valence-corrected chi connectivity index (χ1v) is 5.19. The van der Waals surface area contributed by atoms with Gasteiger partial charge in [0.15, 0.2) is 0 Å². The molecule has 1 fully saturated rings. The van der Waals surface area contributed by atoms with Crippen LogP contribution in [0, 0.1) is 5.92 Å². The molecule has 1 aliphatic carbocycles. The molecule has 0 aromatic carbocycles. The van der Waals surface area contributed by atoms with E-state index in [9.17, 15) is 0 Å². The first kappa shape index (κ1) is 8.73. The average molecular weight is 179 g/mol. The quantitative estimate of drug-likeness (QED) is 0.694. The highest BCUT2D eigenvalue weighted by Gasteiger charge is 2.15. The Labute approximate surface area is 79.2 Å². The molecular weight excluding hydrogens is 162 g/mol. The van der Waals surface area contributed by atoms with Crippen LogP contribution in [0.1, 0.15) is 37.9 Å². The van der Waals surface area contributed by atoms with Crippen molar-refractivity contribution in [1.29, 1.82) is 0 Å². The van der Waals surface area contributed by atoms with Crippen LogP contribution in [-0.4, -0.2) is 14.8 Å². The molecule has 0 spiro atoms. The van der Waals surface area contributed by atoms with Gasteiger partial charge in [0.25, 0.3) is 0 Å². The van der Waals surface area contributed by atoms with Crippen LogP contribution in [0.5, 0.6) is 0 Å². The van der Waals surface area contributed by atoms with Gasteiger partial charge in [0.1, 0.15) is 12.2 Å². The highest BCUT2D eigenvalue weighted by Crippen LogP contribution is 2.25. The molecule has 0 unspecified atom stereocenters. The van der Waals surface area contributed by atoms with Gasteiger partial charge >= 0.3 is 0 Å². The van der Waals surface area contributed by atoms with Crippen molar-refractivity contribution in [3.05, 3.63) is 12.2 Å². The molecule has 0 N–H and O–H groups in total. The summed E-state index contributed by atoms with van der Waals surface area (Å²) in [5.74, 6) is 2.00. The number of aryl methyl sites for hydroxylation is 1.